The first kappa shape index (κ1) is 19.8. The van der Waals surface area contributed by atoms with Gasteiger partial charge in [0, 0.05) is 62.1 Å². The number of morpholine rings is 1. The van der Waals surface area contributed by atoms with E-state index in [-0.39, 0.29) is 5.91 Å². The zero-order valence-corrected chi connectivity index (χ0v) is 16.6. The molecule has 4 rings (SSSR count). The smallest absolute Gasteiger partial charge is 0.251 e. The molecule has 3 heterocycles. The van der Waals surface area contributed by atoms with E-state index >= 15 is 0 Å². The van der Waals surface area contributed by atoms with E-state index < -0.39 is 0 Å². The van der Waals surface area contributed by atoms with E-state index in [0.717, 1.165) is 49.7 Å². The Morgan fingerprint density at radius 1 is 1.13 bits per heavy atom. The van der Waals surface area contributed by atoms with Crippen molar-refractivity contribution in [2.75, 3.05) is 39.4 Å². The molecular weight excluding hydrogens is 378 g/mol. The molecule has 0 saturated carbocycles. The maximum absolute atomic E-state index is 12.7. The third-order valence-electron chi connectivity index (χ3n) is 4.83. The van der Waals surface area contributed by atoms with Gasteiger partial charge in [-0.25, -0.2) is 4.68 Å². The monoisotopic (exact) mass is 401 g/mol. The van der Waals surface area contributed by atoms with Gasteiger partial charge in [0.15, 0.2) is 0 Å². The molecule has 0 bridgehead atoms. The number of pyridine rings is 1. The number of carbonyl (C=O) groups excluding carboxylic acids is 1. The third kappa shape index (κ3) is 5.11. The van der Waals surface area contributed by atoms with Crippen LogP contribution in [0.25, 0.3) is 5.69 Å². The van der Waals surface area contributed by atoms with E-state index in [2.05, 4.69) is 32.1 Å². The molecule has 1 fully saturated rings. The molecule has 0 atom stereocenters. The van der Waals surface area contributed by atoms with E-state index in [1.807, 2.05) is 36.5 Å². The standard InChI is InChI=1S/C23H23N5O2/c29-23(25-10-12-27-13-15-30-16-14-27)21-6-7-22(28-11-2-9-26-28)20(17-21)5-4-19-3-1-8-24-18-19/h1-3,6-9,11,17-18H,10,12-16H2,(H,25,29). The van der Waals surface area contributed by atoms with Crippen LogP contribution in [-0.2, 0) is 4.74 Å². The number of hydrogen-bond acceptors (Lipinski definition) is 5. The Morgan fingerprint density at radius 2 is 2.03 bits per heavy atom. The number of benzene rings is 1. The highest BCUT2D eigenvalue weighted by Gasteiger charge is 2.12. The number of nitrogens with one attached hydrogen (secondary N) is 1. The van der Waals surface area contributed by atoms with E-state index in [0.29, 0.717) is 12.1 Å². The van der Waals surface area contributed by atoms with Gasteiger partial charge in [-0.05, 0) is 36.4 Å². The second-order valence-electron chi connectivity index (χ2n) is 6.88. The quantitative estimate of drug-likeness (QED) is 0.660. The molecule has 0 spiro atoms. The molecule has 2 aromatic heterocycles. The van der Waals surface area contributed by atoms with Gasteiger partial charge in [-0.2, -0.15) is 5.10 Å². The first-order valence-corrected chi connectivity index (χ1v) is 9.94. The zero-order chi connectivity index (χ0) is 20.6. The summed E-state index contributed by atoms with van der Waals surface area (Å²) in [5.74, 6) is 6.17. The van der Waals surface area contributed by atoms with Crippen molar-refractivity contribution in [3.05, 3.63) is 77.9 Å². The SMILES string of the molecule is O=C(NCCN1CCOCC1)c1ccc(-n2cccn2)c(C#Cc2cccnc2)c1. The molecule has 0 unspecified atom stereocenters. The van der Waals surface area contributed by atoms with Gasteiger partial charge in [0.05, 0.1) is 24.5 Å². The average Bonchev–Trinajstić information content (AvgIpc) is 3.33. The number of aromatic nitrogens is 3. The van der Waals surface area contributed by atoms with E-state index in [4.69, 9.17) is 4.74 Å². The predicted molar refractivity (Wildman–Crippen MR) is 113 cm³/mol. The van der Waals surface area contributed by atoms with Crippen molar-refractivity contribution in [3.63, 3.8) is 0 Å². The molecule has 1 saturated heterocycles. The van der Waals surface area contributed by atoms with Crippen molar-refractivity contribution in [2.24, 2.45) is 0 Å². The van der Waals surface area contributed by atoms with E-state index in [1.54, 1.807) is 29.3 Å². The van der Waals surface area contributed by atoms with Crippen molar-refractivity contribution < 1.29 is 9.53 Å². The lowest BCUT2D eigenvalue weighted by molar-refractivity contribution is 0.0383. The third-order valence-corrected chi connectivity index (χ3v) is 4.83. The van der Waals surface area contributed by atoms with Crippen LogP contribution in [0.2, 0.25) is 0 Å². The van der Waals surface area contributed by atoms with Crippen LogP contribution in [-0.4, -0.2) is 65.0 Å². The summed E-state index contributed by atoms with van der Waals surface area (Å²) in [6.07, 6.45) is 6.99. The summed E-state index contributed by atoms with van der Waals surface area (Å²) >= 11 is 0. The van der Waals surface area contributed by atoms with Crippen molar-refractivity contribution in [1.82, 2.24) is 25.0 Å². The van der Waals surface area contributed by atoms with Crippen LogP contribution in [0.15, 0.2) is 61.2 Å². The number of amides is 1. The molecule has 7 nitrogen and oxygen atoms in total. The Kier molecular flexibility index (Phi) is 6.50. The van der Waals surface area contributed by atoms with Gasteiger partial charge >= 0.3 is 0 Å². The minimum atomic E-state index is -0.111. The number of ether oxygens (including phenoxy) is 1. The highest BCUT2D eigenvalue weighted by atomic mass is 16.5. The van der Waals surface area contributed by atoms with Gasteiger partial charge in [-0.3, -0.25) is 14.7 Å². The number of nitrogens with zero attached hydrogens (tertiary/aromatic N) is 4. The van der Waals surface area contributed by atoms with Crippen molar-refractivity contribution in [1.29, 1.82) is 0 Å². The Bertz CT molecular complexity index is 1030. The average molecular weight is 401 g/mol. The number of rotatable bonds is 5. The van der Waals surface area contributed by atoms with Crippen LogP contribution in [0.4, 0.5) is 0 Å². The van der Waals surface area contributed by atoms with Crippen molar-refractivity contribution in [3.8, 4) is 17.5 Å². The van der Waals surface area contributed by atoms with Gasteiger partial charge in [0.1, 0.15) is 0 Å². The molecule has 1 N–H and O–H groups in total. The van der Waals surface area contributed by atoms with E-state index in [1.165, 1.54) is 0 Å². The summed E-state index contributed by atoms with van der Waals surface area (Å²) < 4.78 is 7.10. The van der Waals surface area contributed by atoms with Gasteiger partial charge < -0.3 is 10.1 Å². The van der Waals surface area contributed by atoms with Crippen LogP contribution < -0.4 is 5.32 Å². The second-order valence-corrected chi connectivity index (χ2v) is 6.88. The Labute approximate surface area is 175 Å². The molecule has 1 aliphatic heterocycles. The Morgan fingerprint density at radius 3 is 2.80 bits per heavy atom. The second kappa shape index (κ2) is 9.83. The van der Waals surface area contributed by atoms with Gasteiger partial charge in [0.25, 0.3) is 5.91 Å². The molecule has 7 heteroatoms. The summed E-state index contributed by atoms with van der Waals surface area (Å²) in [5, 5.41) is 7.30. The molecule has 152 valence electrons. The van der Waals surface area contributed by atoms with Gasteiger partial charge in [-0.1, -0.05) is 11.8 Å². The molecule has 0 radical (unpaired) electrons. The number of carbonyl (C=O) groups is 1. The summed E-state index contributed by atoms with van der Waals surface area (Å²) in [5.41, 5.74) is 2.93. The lowest BCUT2D eigenvalue weighted by Crippen LogP contribution is -2.41. The van der Waals surface area contributed by atoms with Crippen LogP contribution in [0.1, 0.15) is 21.5 Å². The van der Waals surface area contributed by atoms with Crippen LogP contribution in [0.5, 0.6) is 0 Å². The maximum Gasteiger partial charge on any atom is 0.251 e. The lowest BCUT2D eigenvalue weighted by atomic mass is 10.1. The lowest BCUT2D eigenvalue weighted by Gasteiger charge is -2.26. The summed E-state index contributed by atoms with van der Waals surface area (Å²) in [6, 6.07) is 11.1. The molecule has 0 aliphatic carbocycles. The molecule has 1 aromatic carbocycles. The minimum absolute atomic E-state index is 0.111. The molecular formula is C23H23N5O2. The highest BCUT2D eigenvalue weighted by molar-refractivity contribution is 5.95. The molecule has 1 aliphatic rings. The molecule has 1 amide bonds. The topological polar surface area (TPSA) is 72.3 Å². The molecule has 30 heavy (non-hydrogen) atoms. The Balaban J connectivity index is 1.51. The highest BCUT2D eigenvalue weighted by Crippen LogP contribution is 2.16. The predicted octanol–water partition coefficient (Wildman–Crippen LogP) is 1.73. The van der Waals surface area contributed by atoms with Crippen molar-refractivity contribution >= 4 is 5.91 Å². The fourth-order valence-corrected chi connectivity index (χ4v) is 3.22. The zero-order valence-electron chi connectivity index (χ0n) is 16.6. The fraction of sp³-hybridized carbons (Fsp3) is 0.261. The van der Waals surface area contributed by atoms with Crippen LogP contribution in [0, 0.1) is 11.8 Å². The summed E-state index contributed by atoms with van der Waals surface area (Å²) in [6.45, 7) is 4.72. The first-order valence-electron chi connectivity index (χ1n) is 9.94. The number of hydrogen-bond donors (Lipinski definition) is 1. The normalized spacial score (nSPS) is 14.0. The van der Waals surface area contributed by atoms with E-state index in [9.17, 15) is 4.79 Å². The van der Waals surface area contributed by atoms with Gasteiger partial charge in [-0.15, -0.1) is 0 Å². The largest absolute Gasteiger partial charge is 0.379 e. The fourth-order valence-electron chi connectivity index (χ4n) is 3.22. The summed E-state index contributed by atoms with van der Waals surface area (Å²) in [7, 11) is 0. The van der Waals surface area contributed by atoms with Crippen LogP contribution >= 0.6 is 0 Å². The summed E-state index contributed by atoms with van der Waals surface area (Å²) in [4.78, 5) is 19.1. The maximum atomic E-state index is 12.7. The minimum Gasteiger partial charge on any atom is -0.379 e. The first-order chi connectivity index (χ1) is 14.8. The van der Waals surface area contributed by atoms with Crippen LogP contribution in [0.3, 0.4) is 0 Å². The van der Waals surface area contributed by atoms with Crippen molar-refractivity contribution in [2.45, 2.75) is 0 Å². The molecule has 3 aromatic rings. The van der Waals surface area contributed by atoms with Gasteiger partial charge in [0.2, 0.25) is 0 Å². The Hall–Kier alpha value is -3.47.